The van der Waals surface area contributed by atoms with Crippen molar-refractivity contribution < 1.29 is 9.84 Å². The molecule has 0 aromatic carbocycles. The Balaban J connectivity index is 2.21. The quantitative estimate of drug-likeness (QED) is 0.776. The molecule has 2 unspecified atom stereocenters. The molecule has 2 N–H and O–H groups in total. The number of nitrogens with zero attached hydrogens (tertiary/aromatic N) is 2. The molecule has 2 aromatic heterocycles. The van der Waals surface area contributed by atoms with Gasteiger partial charge >= 0.3 is 0 Å². The molecule has 0 saturated carbocycles. The molecule has 0 saturated heterocycles. The van der Waals surface area contributed by atoms with Gasteiger partial charge in [-0.15, -0.1) is 11.3 Å². The summed E-state index contributed by atoms with van der Waals surface area (Å²) in [4.78, 5) is 5.66. The van der Waals surface area contributed by atoms with Crippen molar-refractivity contribution in [2.45, 2.75) is 18.5 Å². The van der Waals surface area contributed by atoms with E-state index in [4.69, 9.17) is 4.74 Å². The third kappa shape index (κ3) is 3.67. The van der Waals surface area contributed by atoms with Crippen LogP contribution >= 0.6 is 11.3 Å². The van der Waals surface area contributed by atoms with Crippen LogP contribution in [-0.2, 0) is 11.8 Å². The van der Waals surface area contributed by atoms with E-state index in [2.05, 4.69) is 21.7 Å². The number of aliphatic hydroxyl groups excluding tert-OH is 1. The summed E-state index contributed by atoms with van der Waals surface area (Å²) >= 11 is 1.70. The lowest BCUT2D eigenvalue weighted by Crippen LogP contribution is -2.38. The maximum absolute atomic E-state index is 9.18. The van der Waals surface area contributed by atoms with E-state index in [1.165, 1.54) is 4.88 Å². The fourth-order valence-electron chi connectivity index (χ4n) is 2.20. The van der Waals surface area contributed by atoms with Crippen molar-refractivity contribution in [2.75, 3.05) is 20.3 Å². The summed E-state index contributed by atoms with van der Waals surface area (Å²) in [6.45, 7) is 0.700. The Labute approximate surface area is 123 Å². The fraction of sp³-hybridized carbons (Fsp3) is 0.500. The maximum atomic E-state index is 9.18. The zero-order valence-electron chi connectivity index (χ0n) is 11.8. The minimum atomic E-state index is 0.0155. The highest BCUT2D eigenvalue weighted by atomic mass is 32.1. The Hall–Kier alpha value is -1.21. The summed E-state index contributed by atoms with van der Waals surface area (Å²) in [7, 11) is 3.66. The first kappa shape index (κ1) is 15.2. The highest BCUT2D eigenvalue weighted by Gasteiger charge is 2.22. The van der Waals surface area contributed by atoms with Crippen LogP contribution in [0.5, 0.6) is 0 Å². The van der Waals surface area contributed by atoms with Gasteiger partial charge in [0.15, 0.2) is 0 Å². The van der Waals surface area contributed by atoms with Crippen LogP contribution in [0.2, 0.25) is 0 Å². The number of thiophene rings is 1. The zero-order valence-corrected chi connectivity index (χ0v) is 12.6. The first-order valence-electron chi connectivity index (χ1n) is 6.62. The number of aromatic nitrogens is 2. The topological polar surface area (TPSA) is 59.3 Å². The molecule has 6 heteroatoms. The van der Waals surface area contributed by atoms with Gasteiger partial charge in [0, 0.05) is 44.1 Å². The summed E-state index contributed by atoms with van der Waals surface area (Å²) in [5, 5.41) is 14.8. The molecule has 0 aliphatic heterocycles. The van der Waals surface area contributed by atoms with Gasteiger partial charge in [-0.3, -0.25) is 5.32 Å². The Kier molecular flexibility index (Phi) is 5.72. The largest absolute Gasteiger partial charge is 0.396 e. The highest BCUT2D eigenvalue weighted by Crippen LogP contribution is 2.25. The third-order valence-electron chi connectivity index (χ3n) is 3.19. The van der Waals surface area contributed by atoms with E-state index >= 15 is 0 Å². The molecule has 5 nitrogen and oxygen atoms in total. The molecule has 0 aliphatic rings. The van der Waals surface area contributed by atoms with E-state index in [1.54, 1.807) is 24.6 Å². The molecule has 2 heterocycles. The molecule has 0 aliphatic carbocycles. The molecule has 20 heavy (non-hydrogen) atoms. The van der Waals surface area contributed by atoms with Gasteiger partial charge in [0.1, 0.15) is 11.9 Å². The number of ether oxygens (including phenoxy) is 1. The zero-order chi connectivity index (χ0) is 14.4. The molecule has 2 atom stereocenters. The third-order valence-corrected chi connectivity index (χ3v) is 4.13. The molecule has 0 bridgehead atoms. The second-order valence-electron chi connectivity index (χ2n) is 4.68. The molecular weight excluding hydrogens is 274 g/mol. The number of nitrogens with one attached hydrogen (secondary N) is 1. The number of rotatable bonds is 8. The molecular formula is C14H21N3O2S. The smallest absolute Gasteiger partial charge is 0.131 e. The molecule has 110 valence electrons. The van der Waals surface area contributed by atoms with Gasteiger partial charge in [-0.25, -0.2) is 4.98 Å². The number of hydrogen-bond donors (Lipinski definition) is 2. The maximum Gasteiger partial charge on any atom is 0.131 e. The first-order valence-corrected chi connectivity index (χ1v) is 7.50. The first-order chi connectivity index (χ1) is 9.76. The van der Waals surface area contributed by atoms with Crippen molar-refractivity contribution in [2.24, 2.45) is 7.05 Å². The van der Waals surface area contributed by atoms with E-state index < -0.39 is 0 Å². The number of imidazole rings is 1. The van der Waals surface area contributed by atoms with Crippen molar-refractivity contribution in [3.05, 3.63) is 40.6 Å². The van der Waals surface area contributed by atoms with E-state index in [1.807, 2.05) is 23.9 Å². The van der Waals surface area contributed by atoms with E-state index in [-0.39, 0.29) is 18.7 Å². The number of methoxy groups -OCH3 is 1. The van der Waals surface area contributed by atoms with Gasteiger partial charge in [0.2, 0.25) is 0 Å². The number of hydrogen-bond acceptors (Lipinski definition) is 5. The van der Waals surface area contributed by atoms with Gasteiger partial charge in [-0.2, -0.15) is 0 Å². The predicted molar refractivity (Wildman–Crippen MR) is 79.9 cm³/mol. The van der Waals surface area contributed by atoms with Crippen LogP contribution in [0.25, 0.3) is 0 Å². The van der Waals surface area contributed by atoms with Gasteiger partial charge in [0.25, 0.3) is 0 Å². The minimum absolute atomic E-state index is 0.0155. The molecule has 0 radical (unpaired) electrons. The number of aliphatic hydroxyl groups is 1. The fourth-order valence-corrected chi connectivity index (χ4v) is 2.98. The van der Waals surface area contributed by atoms with Gasteiger partial charge < -0.3 is 14.4 Å². The lowest BCUT2D eigenvalue weighted by molar-refractivity contribution is 0.144. The van der Waals surface area contributed by atoms with Crippen molar-refractivity contribution >= 4 is 11.3 Å². The SMILES string of the molecule is COCC(CCO)NC(c1cccs1)c1nccn1C. The molecule has 0 fully saturated rings. The lowest BCUT2D eigenvalue weighted by Gasteiger charge is -2.24. The van der Waals surface area contributed by atoms with Gasteiger partial charge in [-0.05, 0) is 17.9 Å². The summed E-state index contributed by atoms with van der Waals surface area (Å²) in [5.74, 6) is 0.964. The standard InChI is InChI=1S/C14H21N3O2S/c1-17-7-6-15-14(17)13(12-4-3-9-20-12)16-11(5-8-18)10-19-2/h3-4,6-7,9,11,13,16,18H,5,8,10H2,1-2H3. The summed E-state index contributed by atoms with van der Waals surface area (Å²) in [6, 6.07) is 4.24. The molecule has 2 rings (SSSR count). The van der Waals surface area contributed by atoms with E-state index in [0.717, 1.165) is 5.82 Å². The van der Waals surface area contributed by atoms with Crippen LogP contribution in [0.4, 0.5) is 0 Å². The Morgan fingerprint density at radius 3 is 2.95 bits per heavy atom. The van der Waals surface area contributed by atoms with Crippen molar-refractivity contribution in [1.29, 1.82) is 0 Å². The predicted octanol–water partition coefficient (Wildman–Crippen LogP) is 1.56. The Bertz CT molecular complexity index is 492. The Morgan fingerprint density at radius 2 is 2.40 bits per heavy atom. The summed E-state index contributed by atoms with van der Waals surface area (Å²) in [5.41, 5.74) is 0. The van der Waals surface area contributed by atoms with Gasteiger partial charge in [-0.1, -0.05) is 6.07 Å². The Morgan fingerprint density at radius 1 is 1.55 bits per heavy atom. The average molecular weight is 295 g/mol. The van der Waals surface area contributed by atoms with Crippen LogP contribution in [0.3, 0.4) is 0 Å². The van der Waals surface area contributed by atoms with Crippen LogP contribution < -0.4 is 5.32 Å². The second-order valence-corrected chi connectivity index (χ2v) is 5.66. The van der Waals surface area contributed by atoms with Crippen LogP contribution in [0.1, 0.15) is 23.2 Å². The normalized spacial score (nSPS) is 14.3. The molecule has 0 spiro atoms. The van der Waals surface area contributed by atoms with Crippen LogP contribution in [0, 0.1) is 0 Å². The summed E-state index contributed by atoms with van der Waals surface area (Å²) in [6.07, 6.45) is 4.39. The average Bonchev–Trinajstić information content (AvgIpc) is 3.08. The highest BCUT2D eigenvalue weighted by molar-refractivity contribution is 7.10. The monoisotopic (exact) mass is 295 g/mol. The molecule has 2 aromatic rings. The second kappa shape index (κ2) is 7.54. The van der Waals surface area contributed by atoms with Crippen molar-refractivity contribution in [3.63, 3.8) is 0 Å². The minimum Gasteiger partial charge on any atom is -0.396 e. The summed E-state index contributed by atoms with van der Waals surface area (Å²) < 4.78 is 7.24. The van der Waals surface area contributed by atoms with Crippen molar-refractivity contribution in [1.82, 2.24) is 14.9 Å². The number of aryl methyl sites for hydroxylation is 1. The van der Waals surface area contributed by atoms with Crippen LogP contribution in [-0.4, -0.2) is 41.0 Å². The van der Waals surface area contributed by atoms with Gasteiger partial charge in [0.05, 0.1) is 6.61 Å². The van der Waals surface area contributed by atoms with Crippen molar-refractivity contribution in [3.8, 4) is 0 Å². The van der Waals surface area contributed by atoms with E-state index in [9.17, 15) is 5.11 Å². The van der Waals surface area contributed by atoms with E-state index in [0.29, 0.717) is 13.0 Å². The van der Waals surface area contributed by atoms with Crippen LogP contribution in [0.15, 0.2) is 29.9 Å². The lowest BCUT2D eigenvalue weighted by atomic mass is 10.1. The molecule has 0 amide bonds.